The summed E-state index contributed by atoms with van der Waals surface area (Å²) in [4.78, 5) is 27.5. The van der Waals surface area contributed by atoms with Gasteiger partial charge in [-0.15, -0.1) is 0 Å². The molecule has 0 fully saturated rings. The zero-order chi connectivity index (χ0) is 19.8. The van der Waals surface area contributed by atoms with Gasteiger partial charge in [0.15, 0.2) is 0 Å². The topological polar surface area (TPSA) is 49.9 Å². The fraction of sp³-hybridized carbons (Fsp3) is 0.182. The van der Waals surface area contributed by atoms with Gasteiger partial charge < -0.3 is 9.64 Å². The smallest absolute Gasteiger partial charge is 0.257 e. The van der Waals surface area contributed by atoms with Crippen LogP contribution in [0, 0.1) is 0 Å². The third-order valence-electron chi connectivity index (χ3n) is 3.97. The summed E-state index contributed by atoms with van der Waals surface area (Å²) < 4.78 is 5.32. The van der Waals surface area contributed by atoms with E-state index >= 15 is 0 Å². The Morgan fingerprint density at radius 2 is 1.22 bits per heavy atom. The molecule has 0 aromatic heterocycles. The minimum absolute atomic E-state index is 0.141. The van der Waals surface area contributed by atoms with Gasteiger partial charge in [0.1, 0.15) is 13.2 Å². The number of carbonyl (C=O) groups is 2. The number of amides is 2. The molecule has 2 amide bonds. The van der Waals surface area contributed by atoms with E-state index in [1.165, 1.54) is 4.90 Å². The molecule has 2 rings (SSSR count). The molecule has 0 saturated carbocycles. The molecule has 0 aliphatic carbocycles. The molecule has 0 aliphatic rings. The van der Waals surface area contributed by atoms with Gasteiger partial charge in [0.05, 0.1) is 0 Å². The Hall–Kier alpha value is -3.18. The van der Waals surface area contributed by atoms with Crippen molar-refractivity contribution in [2.75, 3.05) is 32.2 Å². The summed E-state index contributed by atoms with van der Waals surface area (Å²) in [5, 5.41) is 0. The molecule has 27 heavy (non-hydrogen) atoms. The van der Waals surface area contributed by atoms with E-state index in [-0.39, 0.29) is 25.0 Å². The average molecular weight is 364 g/mol. The molecule has 0 aliphatic heterocycles. The molecule has 0 N–H and O–H groups in total. The van der Waals surface area contributed by atoms with Crippen LogP contribution in [0.5, 0.6) is 0 Å². The van der Waals surface area contributed by atoms with E-state index in [2.05, 4.69) is 13.2 Å². The Kier molecular flexibility index (Phi) is 7.08. The molecule has 0 unspecified atom stereocenters. The third kappa shape index (κ3) is 5.39. The van der Waals surface area contributed by atoms with E-state index < -0.39 is 0 Å². The van der Waals surface area contributed by atoms with Crippen molar-refractivity contribution in [3.05, 3.63) is 72.8 Å². The summed E-state index contributed by atoms with van der Waals surface area (Å²) in [6.45, 7) is 7.14. The van der Waals surface area contributed by atoms with E-state index in [4.69, 9.17) is 4.74 Å². The Labute approximate surface area is 160 Å². The van der Waals surface area contributed by atoms with Gasteiger partial charge in [-0.05, 0) is 35.4 Å². The fourth-order valence-corrected chi connectivity index (χ4v) is 2.38. The highest BCUT2D eigenvalue weighted by Crippen LogP contribution is 2.27. The quantitative estimate of drug-likeness (QED) is 0.717. The first-order chi connectivity index (χ1) is 13.0. The lowest BCUT2D eigenvalue weighted by Gasteiger charge is -2.23. The molecule has 5 nitrogen and oxygen atoms in total. The maximum atomic E-state index is 12.8. The number of rotatable bonds is 8. The molecular weight excluding hydrogens is 340 g/mol. The monoisotopic (exact) mass is 364 g/mol. The van der Waals surface area contributed by atoms with Gasteiger partial charge in [-0.1, -0.05) is 49.6 Å². The minimum atomic E-state index is -0.265. The van der Waals surface area contributed by atoms with Crippen molar-refractivity contribution in [3.8, 4) is 0 Å². The zero-order valence-electron chi connectivity index (χ0n) is 15.7. The van der Waals surface area contributed by atoms with Gasteiger partial charge in [0, 0.05) is 25.5 Å². The summed E-state index contributed by atoms with van der Waals surface area (Å²) in [5.41, 5.74) is 3.33. The van der Waals surface area contributed by atoms with Crippen LogP contribution in [0.15, 0.2) is 61.7 Å². The van der Waals surface area contributed by atoms with Crippen molar-refractivity contribution >= 4 is 35.3 Å². The van der Waals surface area contributed by atoms with Crippen LogP contribution in [0.1, 0.15) is 11.1 Å². The van der Waals surface area contributed by atoms with Gasteiger partial charge >= 0.3 is 0 Å². The van der Waals surface area contributed by atoms with Crippen molar-refractivity contribution < 1.29 is 14.3 Å². The predicted molar refractivity (Wildman–Crippen MR) is 110 cm³/mol. The molecular formula is C22H24N2O3. The second kappa shape index (κ2) is 9.50. The van der Waals surface area contributed by atoms with Gasteiger partial charge in [0.25, 0.3) is 5.91 Å². The number of nitrogens with zero attached hydrogens (tertiary/aromatic N) is 2. The van der Waals surface area contributed by atoms with Crippen LogP contribution in [-0.2, 0) is 14.3 Å². The fourth-order valence-electron chi connectivity index (χ4n) is 2.38. The van der Waals surface area contributed by atoms with Gasteiger partial charge in [-0.25, -0.2) is 0 Å². The van der Waals surface area contributed by atoms with Crippen molar-refractivity contribution in [3.63, 3.8) is 0 Å². The Balaban J connectivity index is 2.24. The van der Waals surface area contributed by atoms with Crippen LogP contribution in [0.3, 0.4) is 0 Å². The zero-order valence-corrected chi connectivity index (χ0v) is 15.7. The molecule has 140 valence electrons. The highest BCUT2D eigenvalue weighted by atomic mass is 16.5. The third-order valence-corrected chi connectivity index (χ3v) is 3.97. The molecule has 0 atom stereocenters. The maximum absolute atomic E-state index is 12.8. The normalized spacial score (nSPS) is 10.1. The molecule has 0 saturated heterocycles. The molecule has 0 radical (unpaired) electrons. The first-order valence-electron chi connectivity index (χ1n) is 8.52. The van der Waals surface area contributed by atoms with E-state index in [0.717, 1.165) is 11.1 Å². The standard InChI is InChI=1S/C22H24N2O3/c1-5-17-7-11-19(12-8-17)24(20-13-9-18(6-2)10-14-20)22(26)16-27-15-21(25)23(3)4/h5-14H,1-2,15-16H2,3-4H3. The highest BCUT2D eigenvalue weighted by molar-refractivity contribution is 6.01. The van der Waals surface area contributed by atoms with E-state index in [9.17, 15) is 9.59 Å². The molecule has 0 heterocycles. The minimum Gasteiger partial charge on any atom is -0.362 e. The van der Waals surface area contributed by atoms with Crippen molar-refractivity contribution in [1.82, 2.24) is 4.90 Å². The first kappa shape index (κ1) is 20.1. The van der Waals surface area contributed by atoms with Gasteiger partial charge in [0.2, 0.25) is 5.91 Å². The summed E-state index contributed by atoms with van der Waals surface area (Å²) in [6, 6.07) is 14.9. The number of hydrogen-bond donors (Lipinski definition) is 0. The van der Waals surface area contributed by atoms with Crippen molar-refractivity contribution in [1.29, 1.82) is 0 Å². The predicted octanol–water partition coefficient (Wildman–Crippen LogP) is 3.74. The Morgan fingerprint density at radius 1 is 0.815 bits per heavy atom. The SMILES string of the molecule is C=Cc1ccc(N(C(=O)COCC(=O)N(C)C)c2ccc(C=C)cc2)cc1. The number of anilines is 2. The average Bonchev–Trinajstić information content (AvgIpc) is 2.69. The number of carbonyl (C=O) groups excluding carboxylic acids is 2. The highest BCUT2D eigenvalue weighted by Gasteiger charge is 2.19. The lowest BCUT2D eigenvalue weighted by atomic mass is 10.1. The summed E-state index contributed by atoms with van der Waals surface area (Å²) in [5.74, 6) is -0.459. The summed E-state index contributed by atoms with van der Waals surface area (Å²) >= 11 is 0. The molecule has 2 aromatic carbocycles. The van der Waals surface area contributed by atoms with Crippen molar-refractivity contribution in [2.24, 2.45) is 0 Å². The second-order valence-electron chi connectivity index (χ2n) is 6.10. The number of likely N-dealkylation sites (N-methyl/N-ethyl adjacent to an activating group) is 1. The maximum Gasteiger partial charge on any atom is 0.257 e. The summed E-state index contributed by atoms with van der Waals surface area (Å²) in [6.07, 6.45) is 3.48. The van der Waals surface area contributed by atoms with E-state index in [0.29, 0.717) is 11.4 Å². The molecule has 2 aromatic rings. The number of ether oxygens (including phenoxy) is 1. The molecule has 5 heteroatoms. The lowest BCUT2D eigenvalue weighted by molar-refractivity contribution is -0.135. The summed E-state index contributed by atoms with van der Waals surface area (Å²) in [7, 11) is 3.28. The number of benzene rings is 2. The van der Waals surface area contributed by atoms with E-state index in [1.807, 2.05) is 48.5 Å². The lowest BCUT2D eigenvalue weighted by Crippen LogP contribution is -2.32. The van der Waals surface area contributed by atoms with Crippen LogP contribution in [0.2, 0.25) is 0 Å². The second-order valence-corrected chi connectivity index (χ2v) is 6.10. The van der Waals surface area contributed by atoms with Crippen molar-refractivity contribution in [2.45, 2.75) is 0 Å². The van der Waals surface area contributed by atoms with Crippen LogP contribution in [0.25, 0.3) is 12.2 Å². The van der Waals surface area contributed by atoms with Crippen LogP contribution in [-0.4, -0.2) is 44.0 Å². The largest absolute Gasteiger partial charge is 0.362 e. The van der Waals surface area contributed by atoms with Gasteiger partial charge in [-0.2, -0.15) is 0 Å². The van der Waals surface area contributed by atoms with Crippen LogP contribution < -0.4 is 4.90 Å². The number of hydrogen-bond acceptors (Lipinski definition) is 3. The molecule has 0 bridgehead atoms. The van der Waals surface area contributed by atoms with Gasteiger partial charge in [-0.3, -0.25) is 14.5 Å². The van der Waals surface area contributed by atoms with Crippen LogP contribution in [0.4, 0.5) is 11.4 Å². The molecule has 0 spiro atoms. The first-order valence-corrected chi connectivity index (χ1v) is 8.52. The van der Waals surface area contributed by atoms with Crippen LogP contribution >= 0.6 is 0 Å². The van der Waals surface area contributed by atoms with E-state index in [1.54, 1.807) is 31.1 Å². The Bertz CT molecular complexity index is 757. The Morgan fingerprint density at radius 3 is 1.59 bits per heavy atom.